The Kier molecular flexibility index (Phi) is 2.68. The van der Waals surface area contributed by atoms with E-state index in [1.165, 1.54) is 0 Å². The van der Waals surface area contributed by atoms with Crippen LogP contribution in [-0.4, -0.2) is 32.8 Å². The number of aliphatic carboxylic acids is 1. The van der Waals surface area contributed by atoms with Crippen LogP contribution in [0.2, 0.25) is 0 Å². The lowest BCUT2D eigenvalue weighted by Crippen LogP contribution is -2.37. The highest BCUT2D eigenvalue weighted by Crippen LogP contribution is 2.23. The zero-order chi connectivity index (χ0) is 10.8. The highest BCUT2D eigenvalue weighted by Gasteiger charge is 2.27. The highest BCUT2D eigenvalue weighted by molar-refractivity contribution is 5.70. The predicted octanol–water partition coefficient (Wildman–Crippen LogP) is 0.238. The fourth-order valence-electron chi connectivity index (χ4n) is 1.80. The summed E-state index contributed by atoms with van der Waals surface area (Å²) in [7, 11) is 0. The largest absolute Gasteiger partial charge is 0.481 e. The first-order chi connectivity index (χ1) is 7.16. The highest BCUT2D eigenvalue weighted by atomic mass is 16.4. The first kappa shape index (κ1) is 10.1. The van der Waals surface area contributed by atoms with Crippen molar-refractivity contribution < 1.29 is 9.90 Å². The summed E-state index contributed by atoms with van der Waals surface area (Å²) in [5.74, 6) is 0.511. The number of aryl methyl sites for hydroxylation is 1. The molecule has 0 amide bonds. The second-order valence-corrected chi connectivity index (χ2v) is 3.85. The summed E-state index contributed by atoms with van der Waals surface area (Å²) in [4.78, 5) is 15.0. The lowest BCUT2D eigenvalue weighted by Gasteiger charge is -2.25. The van der Waals surface area contributed by atoms with E-state index in [-0.39, 0.29) is 12.0 Å². The van der Waals surface area contributed by atoms with Crippen LogP contribution in [0.25, 0.3) is 0 Å². The van der Waals surface area contributed by atoms with E-state index in [2.05, 4.69) is 20.5 Å². The molecular formula is C9H14N4O2. The number of rotatable bonds is 2. The average Bonchev–Trinajstić information content (AvgIpc) is 2.65. The van der Waals surface area contributed by atoms with Crippen molar-refractivity contribution in [2.45, 2.75) is 25.8 Å². The second kappa shape index (κ2) is 3.98. The Morgan fingerprint density at radius 1 is 1.53 bits per heavy atom. The molecule has 1 fully saturated rings. The fraction of sp³-hybridized carbons (Fsp3) is 0.667. The molecule has 3 N–H and O–H groups in total. The van der Waals surface area contributed by atoms with Crippen molar-refractivity contribution >= 4 is 5.97 Å². The molecule has 1 aliphatic rings. The topological polar surface area (TPSA) is 90.9 Å². The van der Waals surface area contributed by atoms with Crippen molar-refractivity contribution in [1.29, 1.82) is 0 Å². The quantitative estimate of drug-likeness (QED) is 0.650. The smallest absolute Gasteiger partial charge is 0.307 e. The van der Waals surface area contributed by atoms with E-state index >= 15 is 0 Å². The van der Waals surface area contributed by atoms with Crippen LogP contribution in [-0.2, 0) is 4.79 Å². The molecule has 1 aromatic rings. The molecule has 0 bridgehead atoms. The van der Waals surface area contributed by atoms with Crippen LogP contribution >= 0.6 is 0 Å². The number of H-pyrrole nitrogens is 1. The van der Waals surface area contributed by atoms with Gasteiger partial charge in [0, 0.05) is 6.54 Å². The Balaban J connectivity index is 1.96. The first-order valence-electron chi connectivity index (χ1n) is 5.02. The molecule has 1 aromatic heterocycles. The standard InChI is InChI=1S/C9H14N4O2/c1-5-11-8(13-12-5)7-3-2-6(4-10-7)9(14)15/h6-7,10H,2-4H2,1H3,(H,14,15)(H,11,12,13). The predicted molar refractivity (Wildman–Crippen MR) is 52.2 cm³/mol. The third-order valence-electron chi connectivity index (χ3n) is 2.69. The van der Waals surface area contributed by atoms with E-state index in [9.17, 15) is 4.79 Å². The van der Waals surface area contributed by atoms with Gasteiger partial charge in [-0.05, 0) is 19.8 Å². The molecule has 82 valence electrons. The van der Waals surface area contributed by atoms with Crippen LogP contribution in [0.15, 0.2) is 0 Å². The SMILES string of the molecule is Cc1nc(C2CCC(C(=O)O)CN2)n[nH]1. The second-order valence-electron chi connectivity index (χ2n) is 3.85. The molecule has 2 unspecified atom stereocenters. The summed E-state index contributed by atoms with van der Waals surface area (Å²) in [5, 5.41) is 18.8. The fourth-order valence-corrected chi connectivity index (χ4v) is 1.80. The molecule has 15 heavy (non-hydrogen) atoms. The molecule has 1 saturated heterocycles. The lowest BCUT2D eigenvalue weighted by molar-refractivity contribution is -0.142. The summed E-state index contributed by atoms with van der Waals surface area (Å²) < 4.78 is 0. The molecule has 2 rings (SSSR count). The number of carboxylic acids is 1. The molecule has 0 spiro atoms. The van der Waals surface area contributed by atoms with Crippen molar-refractivity contribution in [2.24, 2.45) is 5.92 Å². The number of piperidine rings is 1. The van der Waals surface area contributed by atoms with Gasteiger partial charge in [0.1, 0.15) is 5.82 Å². The minimum Gasteiger partial charge on any atom is -0.481 e. The molecule has 0 saturated carbocycles. The molecule has 6 nitrogen and oxygen atoms in total. The van der Waals surface area contributed by atoms with Gasteiger partial charge in [-0.1, -0.05) is 0 Å². The molecule has 0 radical (unpaired) electrons. The Morgan fingerprint density at radius 3 is 2.80 bits per heavy atom. The van der Waals surface area contributed by atoms with E-state index in [4.69, 9.17) is 5.11 Å². The normalized spacial score (nSPS) is 26.5. The number of nitrogens with one attached hydrogen (secondary N) is 2. The Hall–Kier alpha value is -1.43. The first-order valence-corrected chi connectivity index (χ1v) is 5.02. The lowest BCUT2D eigenvalue weighted by atomic mass is 9.94. The third kappa shape index (κ3) is 2.15. The van der Waals surface area contributed by atoms with Gasteiger partial charge in [0.25, 0.3) is 0 Å². The van der Waals surface area contributed by atoms with Gasteiger partial charge in [-0.25, -0.2) is 4.98 Å². The molecule has 0 aromatic carbocycles. The molecule has 0 aliphatic carbocycles. The van der Waals surface area contributed by atoms with E-state index in [0.717, 1.165) is 18.1 Å². The number of aromatic nitrogens is 3. The maximum atomic E-state index is 10.7. The number of hydrogen-bond acceptors (Lipinski definition) is 4. The van der Waals surface area contributed by atoms with Gasteiger partial charge in [0.2, 0.25) is 0 Å². The Labute approximate surface area is 87.1 Å². The zero-order valence-electron chi connectivity index (χ0n) is 8.53. The maximum absolute atomic E-state index is 10.7. The van der Waals surface area contributed by atoms with E-state index < -0.39 is 5.97 Å². The van der Waals surface area contributed by atoms with Crippen molar-refractivity contribution in [3.63, 3.8) is 0 Å². The van der Waals surface area contributed by atoms with Gasteiger partial charge >= 0.3 is 5.97 Å². The molecule has 6 heteroatoms. The van der Waals surface area contributed by atoms with Gasteiger partial charge < -0.3 is 10.4 Å². The number of carboxylic acid groups (broad SMARTS) is 1. The van der Waals surface area contributed by atoms with Crippen LogP contribution in [0.4, 0.5) is 0 Å². The van der Waals surface area contributed by atoms with E-state index in [0.29, 0.717) is 13.0 Å². The molecule has 1 aliphatic heterocycles. The Morgan fingerprint density at radius 2 is 2.33 bits per heavy atom. The third-order valence-corrected chi connectivity index (χ3v) is 2.69. The van der Waals surface area contributed by atoms with Crippen LogP contribution < -0.4 is 5.32 Å². The van der Waals surface area contributed by atoms with Crippen LogP contribution in [0.3, 0.4) is 0 Å². The van der Waals surface area contributed by atoms with Crippen molar-refractivity contribution in [3.05, 3.63) is 11.6 Å². The number of carbonyl (C=O) groups is 1. The summed E-state index contributed by atoms with van der Waals surface area (Å²) in [5.41, 5.74) is 0. The zero-order valence-corrected chi connectivity index (χ0v) is 8.53. The summed E-state index contributed by atoms with van der Waals surface area (Å²) in [6.07, 6.45) is 1.45. The summed E-state index contributed by atoms with van der Waals surface area (Å²) in [6.45, 7) is 2.34. The Bertz CT molecular complexity index is 355. The van der Waals surface area contributed by atoms with Gasteiger partial charge in [-0.2, -0.15) is 5.10 Å². The van der Waals surface area contributed by atoms with Gasteiger partial charge in [0.15, 0.2) is 5.82 Å². The van der Waals surface area contributed by atoms with Crippen LogP contribution in [0.5, 0.6) is 0 Å². The van der Waals surface area contributed by atoms with Crippen LogP contribution in [0.1, 0.15) is 30.5 Å². The molecule has 2 atom stereocenters. The number of hydrogen-bond donors (Lipinski definition) is 3. The minimum atomic E-state index is -0.730. The van der Waals surface area contributed by atoms with Crippen molar-refractivity contribution in [1.82, 2.24) is 20.5 Å². The number of aromatic amines is 1. The molecule has 2 heterocycles. The number of nitrogens with zero attached hydrogens (tertiary/aromatic N) is 2. The monoisotopic (exact) mass is 210 g/mol. The molecular weight excluding hydrogens is 196 g/mol. The van der Waals surface area contributed by atoms with E-state index in [1.54, 1.807) is 0 Å². The average molecular weight is 210 g/mol. The van der Waals surface area contributed by atoms with Crippen molar-refractivity contribution in [3.8, 4) is 0 Å². The summed E-state index contributed by atoms with van der Waals surface area (Å²) >= 11 is 0. The van der Waals surface area contributed by atoms with Gasteiger partial charge in [0.05, 0.1) is 12.0 Å². The maximum Gasteiger partial charge on any atom is 0.307 e. The van der Waals surface area contributed by atoms with Crippen molar-refractivity contribution in [2.75, 3.05) is 6.54 Å². The minimum absolute atomic E-state index is 0.0885. The van der Waals surface area contributed by atoms with Gasteiger partial charge in [-0.3, -0.25) is 9.89 Å². The summed E-state index contributed by atoms with van der Waals surface area (Å²) in [6, 6.07) is 0.0885. The van der Waals surface area contributed by atoms with Crippen LogP contribution in [0, 0.1) is 12.8 Å². The van der Waals surface area contributed by atoms with E-state index in [1.807, 2.05) is 6.92 Å². The van der Waals surface area contributed by atoms with Gasteiger partial charge in [-0.15, -0.1) is 0 Å².